The Labute approximate surface area is 117 Å². The van der Waals surface area contributed by atoms with Gasteiger partial charge in [0, 0.05) is 15.5 Å². The lowest BCUT2D eigenvalue weighted by atomic mass is 9.88. The van der Waals surface area contributed by atoms with Gasteiger partial charge in [-0.2, -0.15) is 0 Å². The maximum absolute atomic E-state index is 6.42. The van der Waals surface area contributed by atoms with Crippen molar-refractivity contribution in [2.24, 2.45) is 11.7 Å². The quantitative estimate of drug-likeness (QED) is 0.757. The predicted octanol–water partition coefficient (Wildman–Crippen LogP) is 5.07. The van der Waals surface area contributed by atoms with Crippen LogP contribution < -0.4 is 5.73 Å². The first-order valence-corrected chi connectivity index (χ1v) is 7.56. The minimum Gasteiger partial charge on any atom is -0.324 e. The molecule has 1 fully saturated rings. The van der Waals surface area contributed by atoms with E-state index in [1.54, 1.807) is 0 Å². The molecule has 1 aliphatic rings. The summed E-state index contributed by atoms with van der Waals surface area (Å²) in [4.78, 5) is 0. The summed E-state index contributed by atoms with van der Waals surface area (Å²) in [6.07, 6.45) is 7.90. The summed E-state index contributed by atoms with van der Waals surface area (Å²) in [6.45, 7) is 0. The monoisotopic (exact) mass is 315 g/mol. The van der Waals surface area contributed by atoms with E-state index in [4.69, 9.17) is 17.3 Å². The van der Waals surface area contributed by atoms with Crippen LogP contribution >= 0.6 is 27.5 Å². The highest BCUT2D eigenvalue weighted by Gasteiger charge is 2.22. The van der Waals surface area contributed by atoms with Crippen molar-refractivity contribution in [3.05, 3.63) is 33.3 Å². The van der Waals surface area contributed by atoms with Gasteiger partial charge < -0.3 is 5.73 Å². The summed E-state index contributed by atoms with van der Waals surface area (Å²) < 4.78 is 1.04. The van der Waals surface area contributed by atoms with Gasteiger partial charge in [0.25, 0.3) is 0 Å². The molecule has 1 aromatic rings. The van der Waals surface area contributed by atoms with Crippen LogP contribution in [0.4, 0.5) is 0 Å². The number of benzene rings is 1. The molecule has 0 saturated heterocycles. The standard InChI is InChI=1S/C14H19BrClN/c15-13-9-11(16)7-8-12(13)14(17)10-5-3-1-2-4-6-10/h7-10,14H,1-6,17H2. The van der Waals surface area contributed by atoms with Crippen LogP contribution in [0.15, 0.2) is 22.7 Å². The predicted molar refractivity (Wildman–Crippen MR) is 77.3 cm³/mol. The molecule has 2 N–H and O–H groups in total. The van der Waals surface area contributed by atoms with Gasteiger partial charge in [0.05, 0.1) is 0 Å². The lowest BCUT2D eigenvalue weighted by molar-refractivity contribution is 0.381. The molecular formula is C14H19BrClN. The van der Waals surface area contributed by atoms with Gasteiger partial charge in [-0.05, 0) is 36.5 Å². The second kappa shape index (κ2) is 6.21. The van der Waals surface area contributed by atoms with E-state index in [1.165, 1.54) is 44.1 Å². The highest BCUT2D eigenvalue weighted by Crippen LogP contribution is 2.35. The van der Waals surface area contributed by atoms with E-state index >= 15 is 0 Å². The lowest BCUT2D eigenvalue weighted by Gasteiger charge is -2.23. The van der Waals surface area contributed by atoms with Crippen LogP contribution in [0, 0.1) is 5.92 Å². The molecule has 1 nitrogen and oxygen atoms in total. The topological polar surface area (TPSA) is 26.0 Å². The number of halogens is 2. The molecule has 94 valence electrons. The van der Waals surface area contributed by atoms with E-state index in [1.807, 2.05) is 12.1 Å². The van der Waals surface area contributed by atoms with Crippen molar-refractivity contribution in [2.75, 3.05) is 0 Å². The van der Waals surface area contributed by atoms with E-state index in [-0.39, 0.29) is 6.04 Å². The van der Waals surface area contributed by atoms with Crippen molar-refractivity contribution in [1.29, 1.82) is 0 Å². The Morgan fingerprint density at radius 3 is 2.41 bits per heavy atom. The summed E-state index contributed by atoms with van der Waals surface area (Å²) in [7, 11) is 0. The lowest BCUT2D eigenvalue weighted by Crippen LogP contribution is -2.21. The molecule has 1 aromatic carbocycles. The van der Waals surface area contributed by atoms with Gasteiger partial charge in [-0.25, -0.2) is 0 Å². The fourth-order valence-electron chi connectivity index (χ4n) is 2.70. The molecule has 1 unspecified atom stereocenters. The van der Waals surface area contributed by atoms with Crippen LogP contribution in [0.5, 0.6) is 0 Å². The van der Waals surface area contributed by atoms with Crippen LogP contribution in [0.1, 0.15) is 50.1 Å². The second-order valence-corrected chi connectivity index (χ2v) is 6.23. The number of hydrogen-bond acceptors (Lipinski definition) is 1. The number of nitrogens with two attached hydrogens (primary N) is 1. The van der Waals surface area contributed by atoms with Crippen LogP contribution in [-0.4, -0.2) is 0 Å². The average Bonchev–Trinajstić information content (AvgIpc) is 2.56. The van der Waals surface area contributed by atoms with Gasteiger partial charge in [-0.1, -0.05) is 59.3 Å². The average molecular weight is 317 g/mol. The molecule has 0 amide bonds. The summed E-state index contributed by atoms with van der Waals surface area (Å²) in [6, 6.07) is 6.06. The molecule has 0 aliphatic heterocycles. The van der Waals surface area contributed by atoms with Gasteiger partial charge >= 0.3 is 0 Å². The van der Waals surface area contributed by atoms with Crippen LogP contribution in [-0.2, 0) is 0 Å². The molecular weight excluding hydrogens is 298 g/mol. The molecule has 1 saturated carbocycles. The van der Waals surface area contributed by atoms with Crippen molar-refractivity contribution in [2.45, 2.75) is 44.6 Å². The fourth-order valence-corrected chi connectivity index (χ4v) is 3.64. The SMILES string of the molecule is NC(c1ccc(Cl)cc1Br)C1CCCCCC1. The molecule has 0 spiro atoms. The van der Waals surface area contributed by atoms with Crippen molar-refractivity contribution in [1.82, 2.24) is 0 Å². The third-order valence-corrected chi connectivity index (χ3v) is 4.65. The molecule has 1 aliphatic carbocycles. The third kappa shape index (κ3) is 3.46. The number of rotatable bonds is 2. The van der Waals surface area contributed by atoms with Gasteiger partial charge in [-0.3, -0.25) is 0 Å². The maximum Gasteiger partial charge on any atom is 0.0417 e. The Bertz CT molecular complexity index is 372. The second-order valence-electron chi connectivity index (χ2n) is 4.94. The van der Waals surface area contributed by atoms with Gasteiger partial charge in [-0.15, -0.1) is 0 Å². The molecule has 0 bridgehead atoms. The Balaban J connectivity index is 2.14. The summed E-state index contributed by atoms with van der Waals surface area (Å²) in [5, 5.41) is 0.758. The van der Waals surface area contributed by atoms with Gasteiger partial charge in [0.2, 0.25) is 0 Å². The van der Waals surface area contributed by atoms with Crippen LogP contribution in [0.25, 0.3) is 0 Å². The first kappa shape index (κ1) is 13.4. The van der Waals surface area contributed by atoms with Crippen molar-refractivity contribution < 1.29 is 0 Å². The Morgan fingerprint density at radius 1 is 1.18 bits per heavy atom. The normalized spacial score (nSPS) is 19.9. The van der Waals surface area contributed by atoms with Gasteiger partial charge in [0.1, 0.15) is 0 Å². The molecule has 0 aromatic heterocycles. The zero-order chi connectivity index (χ0) is 12.3. The number of hydrogen-bond donors (Lipinski definition) is 1. The maximum atomic E-state index is 6.42. The van der Waals surface area contributed by atoms with E-state index in [9.17, 15) is 0 Å². The van der Waals surface area contributed by atoms with Crippen LogP contribution in [0.2, 0.25) is 5.02 Å². The van der Waals surface area contributed by atoms with Crippen LogP contribution in [0.3, 0.4) is 0 Å². The molecule has 0 heterocycles. The Morgan fingerprint density at radius 2 is 1.82 bits per heavy atom. The van der Waals surface area contributed by atoms with Crippen molar-refractivity contribution in [3.63, 3.8) is 0 Å². The zero-order valence-corrected chi connectivity index (χ0v) is 12.3. The molecule has 3 heteroatoms. The largest absolute Gasteiger partial charge is 0.324 e. The summed E-state index contributed by atoms with van der Waals surface area (Å²) in [5.74, 6) is 0.620. The van der Waals surface area contributed by atoms with E-state index in [2.05, 4.69) is 22.0 Å². The highest BCUT2D eigenvalue weighted by molar-refractivity contribution is 9.10. The highest BCUT2D eigenvalue weighted by atomic mass is 79.9. The first-order valence-electron chi connectivity index (χ1n) is 6.39. The van der Waals surface area contributed by atoms with E-state index < -0.39 is 0 Å². The summed E-state index contributed by atoms with van der Waals surface area (Å²) in [5.41, 5.74) is 7.61. The van der Waals surface area contributed by atoms with Crippen molar-refractivity contribution in [3.8, 4) is 0 Å². The van der Waals surface area contributed by atoms with E-state index in [0.717, 1.165) is 9.50 Å². The molecule has 17 heavy (non-hydrogen) atoms. The molecule has 1 atom stereocenters. The Hall–Kier alpha value is -0.0500. The molecule has 2 rings (SSSR count). The zero-order valence-electron chi connectivity index (χ0n) is 9.96. The van der Waals surface area contributed by atoms with E-state index in [0.29, 0.717) is 5.92 Å². The summed E-state index contributed by atoms with van der Waals surface area (Å²) >= 11 is 9.53. The molecule has 0 radical (unpaired) electrons. The smallest absolute Gasteiger partial charge is 0.0417 e. The Kier molecular flexibility index (Phi) is 4.89. The first-order chi connectivity index (χ1) is 8.18. The third-order valence-electron chi connectivity index (χ3n) is 3.73. The van der Waals surface area contributed by atoms with Crippen molar-refractivity contribution >= 4 is 27.5 Å². The minimum absolute atomic E-state index is 0.139. The minimum atomic E-state index is 0.139. The van der Waals surface area contributed by atoms with Gasteiger partial charge in [0.15, 0.2) is 0 Å². The fraction of sp³-hybridized carbons (Fsp3) is 0.571.